The molecule has 2 aromatic carbocycles. The number of thiazole rings is 1. The number of nitrogens with one attached hydrogen (secondary N) is 1. The number of hydrogen-bond donors (Lipinski definition) is 1. The van der Waals surface area contributed by atoms with E-state index < -0.39 is 0 Å². The zero-order valence-electron chi connectivity index (χ0n) is 15.7. The summed E-state index contributed by atoms with van der Waals surface area (Å²) in [4.78, 5) is 17.1. The largest absolute Gasteiger partial charge is 0.354 e. The number of nitrogens with zero attached hydrogens (tertiary/aromatic N) is 2. The summed E-state index contributed by atoms with van der Waals surface area (Å²) in [5.74, 6) is -0.0174. The van der Waals surface area contributed by atoms with Crippen LogP contribution in [-0.4, -0.2) is 22.0 Å². The molecule has 0 radical (unpaired) electrons. The first-order chi connectivity index (χ1) is 14.2. The number of carbonyl (C=O) groups is 1. The molecule has 0 fully saturated rings. The van der Waals surface area contributed by atoms with E-state index in [1.807, 2.05) is 82.9 Å². The number of carbonyl (C=O) groups excluding carboxylic acids is 1. The molecule has 0 atom stereocenters. The number of aromatic nitrogens is 2. The van der Waals surface area contributed by atoms with Gasteiger partial charge in [-0.3, -0.25) is 4.79 Å². The fourth-order valence-corrected chi connectivity index (χ4v) is 4.08. The summed E-state index contributed by atoms with van der Waals surface area (Å²) in [6.45, 7) is 0.857. The minimum Gasteiger partial charge on any atom is -0.354 e. The monoisotopic (exact) mass is 421 g/mol. The van der Waals surface area contributed by atoms with E-state index in [0.29, 0.717) is 6.54 Å². The molecule has 4 rings (SSSR count). The maximum absolute atomic E-state index is 12.4. The zero-order chi connectivity index (χ0) is 20.1. The lowest BCUT2D eigenvalue weighted by atomic mass is 10.1. The van der Waals surface area contributed by atoms with Crippen molar-refractivity contribution in [3.8, 4) is 22.0 Å². The number of benzene rings is 2. The lowest BCUT2D eigenvalue weighted by Crippen LogP contribution is -2.29. The zero-order valence-corrected chi connectivity index (χ0v) is 17.3. The number of amides is 1. The van der Waals surface area contributed by atoms with E-state index in [1.165, 1.54) is 0 Å². The highest BCUT2D eigenvalue weighted by Gasteiger charge is 2.12. The predicted molar refractivity (Wildman–Crippen MR) is 119 cm³/mol. The molecular weight excluding hydrogens is 402 g/mol. The molecule has 146 valence electrons. The summed E-state index contributed by atoms with van der Waals surface area (Å²) in [5.41, 5.74) is 4.14. The van der Waals surface area contributed by atoms with Gasteiger partial charge < -0.3 is 9.88 Å². The third-order valence-electron chi connectivity index (χ3n) is 4.59. The van der Waals surface area contributed by atoms with Gasteiger partial charge in [0, 0.05) is 28.7 Å². The smallest absolute Gasteiger partial charge is 0.239 e. The highest BCUT2D eigenvalue weighted by atomic mass is 35.5. The molecule has 4 nitrogen and oxygen atoms in total. The maximum Gasteiger partial charge on any atom is 0.239 e. The second-order valence-electron chi connectivity index (χ2n) is 6.65. The molecule has 0 spiro atoms. The van der Waals surface area contributed by atoms with Gasteiger partial charge in [0.25, 0.3) is 0 Å². The van der Waals surface area contributed by atoms with Crippen LogP contribution < -0.4 is 5.32 Å². The Kier molecular flexibility index (Phi) is 6.08. The van der Waals surface area contributed by atoms with Crippen molar-refractivity contribution in [1.29, 1.82) is 0 Å². The summed E-state index contributed by atoms with van der Waals surface area (Å²) in [6.07, 6.45) is 2.69. The molecular formula is C23H20ClN3OS. The highest BCUT2D eigenvalue weighted by Crippen LogP contribution is 2.29. The first-order valence-electron chi connectivity index (χ1n) is 9.36. The molecule has 0 bridgehead atoms. The van der Waals surface area contributed by atoms with E-state index in [0.717, 1.165) is 39.0 Å². The fraction of sp³-hybridized carbons (Fsp3) is 0.130. The average molecular weight is 422 g/mol. The average Bonchev–Trinajstić information content (AvgIpc) is 3.39. The highest BCUT2D eigenvalue weighted by molar-refractivity contribution is 7.13. The van der Waals surface area contributed by atoms with Gasteiger partial charge in [-0.2, -0.15) is 0 Å². The van der Waals surface area contributed by atoms with Crippen LogP contribution >= 0.6 is 22.9 Å². The van der Waals surface area contributed by atoms with Gasteiger partial charge in [-0.25, -0.2) is 4.98 Å². The van der Waals surface area contributed by atoms with Crippen LogP contribution in [0.4, 0.5) is 0 Å². The van der Waals surface area contributed by atoms with Crippen molar-refractivity contribution in [3.05, 3.63) is 88.9 Å². The molecule has 0 aliphatic carbocycles. The third kappa shape index (κ3) is 4.94. The lowest BCUT2D eigenvalue weighted by molar-refractivity contribution is -0.121. The van der Waals surface area contributed by atoms with Gasteiger partial charge >= 0.3 is 0 Å². The summed E-state index contributed by atoms with van der Waals surface area (Å²) in [5, 5.41) is 6.66. The van der Waals surface area contributed by atoms with E-state index in [4.69, 9.17) is 16.6 Å². The fourth-order valence-electron chi connectivity index (χ4n) is 3.09. The van der Waals surface area contributed by atoms with Crippen LogP contribution in [0.25, 0.3) is 22.0 Å². The van der Waals surface area contributed by atoms with Crippen LogP contribution in [0, 0.1) is 0 Å². The van der Waals surface area contributed by atoms with Crippen LogP contribution in [-0.2, 0) is 17.8 Å². The number of hydrogen-bond acceptors (Lipinski definition) is 3. The third-order valence-corrected chi connectivity index (χ3v) is 5.70. The molecule has 2 aromatic heterocycles. The van der Waals surface area contributed by atoms with Gasteiger partial charge in [0.15, 0.2) is 0 Å². The van der Waals surface area contributed by atoms with Gasteiger partial charge in [-0.15, -0.1) is 11.3 Å². The van der Waals surface area contributed by atoms with E-state index >= 15 is 0 Å². The molecule has 29 heavy (non-hydrogen) atoms. The van der Waals surface area contributed by atoms with Crippen molar-refractivity contribution in [2.24, 2.45) is 0 Å². The molecule has 0 aliphatic rings. The second kappa shape index (κ2) is 9.07. The van der Waals surface area contributed by atoms with Gasteiger partial charge in [-0.05, 0) is 36.2 Å². The van der Waals surface area contributed by atoms with Crippen molar-refractivity contribution in [2.75, 3.05) is 6.54 Å². The Morgan fingerprint density at radius 3 is 2.62 bits per heavy atom. The van der Waals surface area contributed by atoms with Gasteiger partial charge in [0.2, 0.25) is 5.91 Å². The van der Waals surface area contributed by atoms with E-state index in [2.05, 4.69) is 5.32 Å². The quantitative estimate of drug-likeness (QED) is 0.440. The number of halogens is 1. The first-order valence-corrected chi connectivity index (χ1v) is 10.6. The Morgan fingerprint density at radius 2 is 1.83 bits per heavy atom. The summed E-state index contributed by atoms with van der Waals surface area (Å²) >= 11 is 7.49. The molecule has 1 N–H and O–H groups in total. The molecule has 0 saturated carbocycles. The minimum absolute atomic E-state index is 0.0174. The van der Waals surface area contributed by atoms with E-state index in [-0.39, 0.29) is 12.5 Å². The van der Waals surface area contributed by atoms with E-state index in [1.54, 1.807) is 11.3 Å². The number of rotatable bonds is 7. The van der Waals surface area contributed by atoms with Crippen molar-refractivity contribution in [2.45, 2.75) is 13.0 Å². The summed E-state index contributed by atoms with van der Waals surface area (Å²) in [6, 6.07) is 21.7. The molecule has 0 saturated heterocycles. The van der Waals surface area contributed by atoms with Crippen molar-refractivity contribution in [3.63, 3.8) is 0 Å². The Hall–Kier alpha value is -2.89. The van der Waals surface area contributed by atoms with Crippen LogP contribution in [0.3, 0.4) is 0 Å². The van der Waals surface area contributed by atoms with Crippen molar-refractivity contribution < 1.29 is 4.79 Å². The molecule has 1 amide bonds. The van der Waals surface area contributed by atoms with Crippen LogP contribution in [0.5, 0.6) is 0 Å². The predicted octanol–water partition coefficient (Wildman–Crippen LogP) is 5.29. The van der Waals surface area contributed by atoms with Gasteiger partial charge in [-0.1, -0.05) is 54.1 Å². The molecule has 6 heteroatoms. The topological polar surface area (TPSA) is 46.9 Å². The van der Waals surface area contributed by atoms with Crippen LogP contribution in [0.15, 0.2) is 78.3 Å². The summed E-state index contributed by atoms with van der Waals surface area (Å²) in [7, 11) is 0. The van der Waals surface area contributed by atoms with Crippen LogP contribution in [0.2, 0.25) is 5.02 Å². The van der Waals surface area contributed by atoms with Gasteiger partial charge in [0.05, 0.1) is 11.4 Å². The Bertz CT molecular complexity index is 1090. The first kappa shape index (κ1) is 19.4. The maximum atomic E-state index is 12.4. The van der Waals surface area contributed by atoms with E-state index in [9.17, 15) is 4.79 Å². The van der Waals surface area contributed by atoms with Crippen LogP contribution in [0.1, 0.15) is 5.56 Å². The van der Waals surface area contributed by atoms with Crippen molar-refractivity contribution >= 4 is 28.8 Å². The Morgan fingerprint density at radius 1 is 1.03 bits per heavy atom. The minimum atomic E-state index is -0.0174. The molecule has 2 heterocycles. The summed E-state index contributed by atoms with van der Waals surface area (Å²) < 4.78 is 1.94. The molecule has 0 aliphatic heterocycles. The Balaban J connectivity index is 1.37. The lowest BCUT2D eigenvalue weighted by Gasteiger charge is -2.09. The Labute approximate surface area is 178 Å². The van der Waals surface area contributed by atoms with Gasteiger partial charge in [0.1, 0.15) is 11.6 Å². The SMILES string of the molecule is O=C(Cn1cccc1-c1nc(-c2ccccc2)cs1)NCCc1ccc(Cl)cc1. The normalized spacial score (nSPS) is 10.8. The standard InChI is InChI=1S/C23H20ClN3OS/c24-19-10-8-17(9-11-19)12-13-25-22(28)15-27-14-4-7-21(27)23-26-20(16-29-23)18-5-2-1-3-6-18/h1-11,14,16H,12-13,15H2,(H,25,28). The molecule has 4 aromatic rings. The second-order valence-corrected chi connectivity index (χ2v) is 7.95. The van der Waals surface area contributed by atoms with Crippen molar-refractivity contribution in [1.82, 2.24) is 14.9 Å². The molecule has 0 unspecified atom stereocenters.